The fraction of sp³-hybridized carbons (Fsp3) is 0.200. The van der Waals surface area contributed by atoms with Gasteiger partial charge in [0.2, 0.25) is 0 Å². The van der Waals surface area contributed by atoms with Gasteiger partial charge in [0, 0.05) is 27.4 Å². The lowest BCUT2D eigenvalue weighted by Crippen LogP contribution is -1.96. The van der Waals surface area contributed by atoms with Crippen LogP contribution >= 0.6 is 11.3 Å². The van der Waals surface area contributed by atoms with Crippen LogP contribution in [0.1, 0.15) is 5.56 Å². The van der Waals surface area contributed by atoms with Crippen molar-refractivity contribution in [2.45, 2.75) is 6.61 Å². The lowest BCUT2D eigenvalue weighted by molar-refractivity contribution is 0.284. The first-order valence-electron chi connectivity index (χ1n) is 4.21. The highest BCUT2D eigenvalue weighted by Gasteiger charge is 2.10. The average molecular weight is 209 g/mol. The number of hydrogen-bond donors (Lipinski definition) is 2. The molecule has 0 saturated carbocycles. The standard InChI is InChI=1S/C10H11NO2S/c1-13-9-4-8(11)7(5-12)10-6(9)2-3-14-10/h2-4,12H,5,11H2,1H3. The van der Waals surface area contributed by atoms with E-state index in [4.69, 9.17) is 10.5 Å². The highest BCUT2D eigenvalue weighted by atomic mass is 32.1. The van der Waals surface area contributed by atoms with Crippen molar-refractivity contribution in [2.24, 2.45) is 0 Å². The van der Waals surface area contributed by atoms with Gasteiger partial charge in [0.1, 0.15) is 5.75 Å². The lowest BCUT2D eigenvalue weighted by atomic mass is 10.1. The largest absolute Gasteiger partial charge is 0.496 e. The fourth-order valence-electron chi connectivity index (χ4n) is 1.51. The Kier molecular flexibility index (Phi) is 2.31. The molecule has 74 valence electrons. The van der Waals surface area contributed by atoms with E-state index in [0.717, 1.165) is 21.4 Å². The molecule has 3 nitrogen and oxygen atoms in total. The molecule has 0 amide bonds. The first kappa shape index (κ1) is 9.30. The molecular weight excluding hydrogens is 198 g/mol. The Labute approximate surface area is 85.7 Å². The van der Waals surface area contributed by atoms with Crippen LogP contribution in [0.5, 0.6) is 5.75 Å². The van der Waals surface area contributed by atoms with Crippen LogP contribution in [0, 0.1) is 0 Å². The second kappa shape index (κ2) is 3.48. The number of fused-ring (bicyclic) bond motifs is 1. The summed E-state index contributed by atoms with van der Waals surface area (Å²) in [5.41, 5.74) is 7.17. The van der Waals surface area contributed by atoms with Gasteiger partial charge in [0.25, 0.3) is 0 Å². The first-order valence-corrected chi connectivity index (χ1v) is 5.09. The van der Waals surface area contributed by atoms with Gasteiger partial charge in [-0.15, -0.1) is 11.3 Å². The Morgan fingerprint density at radius 3 is 3.00 bits per heavy atom. The van der Waals surface area contributed by atoms with E-state index in [2.05, 4.69) is 0 Å². The second-order valence-corrected chi connectivity index (χ2v) is 3.88. The fourth-order valence-corrected chi connectivity index (χ4v) is 2.47. The lowest BCUT2D eigenvalue weighted by Gasteiger charge is -2.08. The van der Waals surface area contributed by atoms with Crippen molar-refractivity contribution >= 4 is 27.1 Å². The molecule has 0 saturated heterocycles. The third-order valence-corrected chi connectivity index (χ3v) is 3.19. The third-order valence-electron chi connectivity index (χ3n) is 2.22. The van der Waals surface area contributed by atoms with Crippen LogP contribution in [0.3, 0.4) is 0 Å². The summed E-state index contributed by atoms with van der Waals surface area (Å²) < 4.78 is 6.22. The summed E-state index contributed by atoms with van der Waals surface area (Å²) in [6.07, 6.45) is 0. The SMILES string of the molecule is COc1cc(N)c(CO)c2sccc12. The van der Waals surface area contributed by atoms with Crippen LogP contribution in [0.15, 0.2) is 17.5 Å². The summed E-state index contributed by atoms with van der Waals surface area (Å²) in [7, 11) is 1.62. The Bertz CT molecular complexity index is 464. The van der Waals surface area contributed by atoms with Crippen LogP contribution in [0.4, 0.5) is 5.69 Å². The maximum Gasteiger partial charge on any atom is 0.129 e. The molecule has 0 atom stereocenters. The maximum absolute atomic E-state index is 9.18. The predicted octanol–water partition coefficient (Wildman–Crippen LogP) is 1.98. The van der Waals surface area contributed by atoms with Crippen LogP contribution in [-0.2, 0) is 6.61 Å². The number of nitrogens with two attached hydrogens (primary N) is 1. The molecular formula is C10H11NO2S. The number of benzene rings is 1. The van der Waals surface area contributed by atoms with Crippen molar-refractivity contribution in [2.75, 3.05) is 12.8 Å². The number of anilines is 1. The molecule has 0 aliphatic rings. The monoisotopic (exact) mass is 209 g/mol. The molecule has 0 bridgehead atoms. The maximum atomic E-state index is 9.18. The highest BCUT2D eigenvalue weighted by molar-refractivity contribution is 7.17. The molecule has 1 heterocycles. The molecule has 3 N–H and O–H groups in total. The number of rotatable bonds is 2. The molecule has 1 aromatic carbocycles. The van der Waals surface area contributed by atoms with E-state index in [0.29, 0.717) is 5.69 Å². The second-order valence-electron chi connectivity index (χ2n) is 2.97. The molecule has 14 heavy (non-hydrogen) atoms. The zero-order valence-electron chi connectivity index (χ0n) is 7.78. The Morgan fingerprint density at radius 2 is 2.36 bits per heavy atom. The van der Waals surface area contributed by atoms with E-state index in [1.54, 1.807) is 24.5 Å². The molecule has 0 spiro atoms. The van der Waals surface area contributed by atoms with Crippen molar-refractivity contribution < 1.29 is 9.84 Å². The van der Waals surface area contributed by atoms with Gasteiger partial charge >= 0.3 is 0 Å². The van der Waals surface area contributed by atoms with Crippen LogP contribution in [0.2, 0.25) is 0 Å². The van der Waals surface area contributed by atoms with Gasteiger partial charge in [-0.25, -0.2) is 0 Å². The number of aliphatic hydroxyl groups excluding tert-OH is 1. The summed E-state index contributed by atoms with van der Waals surface area (Å²) >= 11 is 1.56. The van der Waals surface area contributed by atoms with E-state index < -0.39 is 0 Å². The Balaban J connectivity index is 2.81. The van der Waals surface area contributed by atoms with Crippen LogP contribution in [0.25, 0.3) is 10.1 Å². The number of ether oxygens (including phenoxy) is 1. The summed E-state index contributed by atoms with van der Waals surface area (Å²) in [6.45, 7) is -0.0349. The zero-order valence-corrected chi connectivity index (χ0v) is 8.60. The van der Waals surface area contributed by atoms with Crippen LogP contribution < -0.4 is 10.5 Å². The van der Waals surface area contributed by atoms with Crippen molar-refractivity contribution in [3.63, 3.8) is 0 Å². The molecule has 0 radical (unpaired) electrons. The van der Waals surface area contributed by atoms with Crippen molar-refractivity contribution in [3.8, 4) is 5.75 Å². The topological polar surface area (TPSA) is 55.5 Å². The van der Waals surface area contributed by atoms with E-state index in [1.807, 2.05) is 11.4 Å². The summed E-state index contributed by atoms with van der Waals surface area (Å²) in [5.74, 6) is 0.760. The van der Waals surface area contributed by atoms with Gasteiger partial charge in [-0.1, -0.05) is 0 Å². The van der Waals surface area contributed by atoms with E-state index in [-0.39, 0.29) is 6.61 Å². The number of methoxy groups -OCH3 is 1. The predicted molar refractivity (Wildman–Crippen MR) is 58.7 cm³/mol. The Hall–Kier alpha value is -1.26. The van der Waals surface area contributed by atoms with E-state index >= 15 is 0 Å². The molecule has 2 aromatic rings. The highest BCUT2D eigenvalue weighted by Crippen LogP contribution is 2.36. The van der Waals surface area contributed by atoms with Gasteiger partial charge in [0.05, 0.1) is 13.7 Å². The van der Waals surface area contributed by atoms with Crippen molar-refractivity contribution in [1.29, 1.82) is 0 Å². The van der Waals surface area contributed by atoms with E-state index in [9.17, 15) is 5.11 Å². The minimum Gasteiger partial charge on any atom is -0.496 e. The smallest absolute Gasteiger partial charge is 0.129 e. The summed E-state index contributed by atoms with van der Waals surface area (Å²) in [4.78, 5) is 0. The minimum atomic E-state index is -0.0349. The number of hydrogen-bond acceptors (Lipinski definition) is 4. The summed E-state index contributed by atoms with van der Waals surface area (Å²) in [5, 5.41) is 12.2. The Morgan fingerprint density at radius 1 is 1.57 bits per heavy atom. The van der Waals surface area contributed by atoms with Gasteiger partial charge in [-0.2, -0.15) is 0 Å². The number of thiophene rings is 1. The number of nitrogen functional groups attached to an aromatic ring is 1. The molecule has 0 unspecified atom stereocenters. The molecule has 0 aliphatic heterocycles. The van der Waals surface area contributed by atoms with Gasteiger partial charge < -0.3 is 15.6 Å². The third kappa shape index (κ3) is 1.23. The minimum absolute atomic E-state index is 0.0349. The zero-order chi connectivity index (χ0) is 10.1. The molecule has 2 rings (SSSR count). The quantitative estimate of drug-likeness (QED) is 0.744. The van der Waals surface area contributed by atoms with Gasteiger partial charge in [-0.3, -0.25) is 0 Å². The van der Waals surface area contributed by atoms with Crippen LogP contribution in [-0.4, -0.2) is 12.2 Å². The van der Waals surface area contributed by atoms with Gasteiger partial charge in [0.15, 0.2) is 0 Å². The average Bonchev–Trinajstić information content (AvgIpc) is 2.65. The molecule has 0 aliphatic carbocycles. The van der Waals surface area contributed by atoms with Gasteiger partial charge in [-0.05, 0) is 11.4 Å². The molecule has 4 heteroatoms. The normalized spacial score (nSPS) is 10.7. The first-order chi connectivity index (χ1) is 6.77. The van der Waals surface area contributed by atoms with E-state index in [1.165, 1.54) is 0 Å². The molecule has 1 aromatic heterocycles. The van der Waals surface area contributed by atoms with Crippen molar-refractivity contribution in [3.05, 3.63) is 23.1 Å². The van der Waals surface area contributed by atoms with Crippen molar-refractivity contribution in [1.82, 2.24) is 0 Å². The molecule has 0 fully saturated rings. The number of aliphatic hydroxyl groups is 1. The summed E-state index contributed by atoms with van der Waals surface area (Å²) in [6, 6.07) is 3.72.